The molecule has 0 atom stereocenters. The van der Waals surface area contributed by atoms with Crippen molar-refractivity contribution in [3.05, 3.63) is 21.0 Å². The van der Waals surface area contributed by atoms with Crippen molar-refractivity contribution in [2.24, 2.45) is 9.98 Å². The van der Waals surface area contributed by atoms with Crippen LogP contribution in [0.5, 0.6) is 5.75 Å². The standard InChI is InChI=1S/C7HCl2N3O3/c8-1-3(13)2-5(11-4(1)9)12-7(15)6(14)10-2/h13H. The number of hydrogen-bond acceptors (Lipinski definition) is 4. The van der Waals surface area contributed by atoms with Crippen LogP contribution in [0.25, 0.3) is 0 Å². The van der Waals surface area contributed by atoms with Crippen LogP contribution in [-0.4, -0.2) is 21.9 Å². The predicted octanol–water partition coefficient (Wildman–Crippen LogP) is -0.600. The van der Waals surface area contributed by atoms with Gasteiger partial charge in [-0.05, 0) is 0 Å². The minimum Gasteiger partial charge on any atom is -0.504 e. The molecule has 0 saturated carbocycles. The molecule has 0 spiro atoms. The smallest absolute Gasteiger partial charge is 0.339 e. The molecule has 2 heterocycles. The van der Waals surface area contributed by atoms with Gasteiger partial charge in [-0.25, -0.2) is 4.98 Å². The summed E-state index contributed by atoms with van der Waals surface area (Å²) in [5.74, 6) is -2.66. The first-order valence-corrected chi connectivity index (χ1v) is 4.36. The van der Waals surface area contributed by atoms with Gasteiger partial charge in [0, 0.05) is 0 Å². The van der Waals surface area contributed by atoms with Gasteiger partial charge in [-0.2, -0.15) is 9.98 Å². The zero-order valence-corrected chi connectivity index (χ0v) is 8.37. The van der Waals surface area contributed by atoms with E-state index in [4.69, 9.17) is 23.2 Å². The highest BCUT2D eigenvalue weighted by Gasteiger charge is 2.20. The Bertz CT molecular complexity index is 611. The van der Waals surface area contributed by atoms with Crippen LogP contribution in [0.3, 0.4) is 0 Å². The molecule has 1 aromatic rings. The SMILES string of the molecule is O=C1N=c2nc(Cl)c(Cl)c(O)c2=NC1=O. The molecule has 15 heavy (non-hydrogen) atoms. The van der Waals surface area contributed by atoms with Crippen LogP contribution in [0.2, 0.25) is 10.2 Å². The molecule has 1 aromatic heterocycles. The van der Waals surface area contributed by atoms with Gasteiger partial charge in [-0.3, -0.25) is 9.59 Å². The maximum atomic E-state index is 10.9. The van der Waals surface area contributed by atoms with E-state index in [-0.39, 0.29) is 21.0 Å². The summed E-state index contributed by atoms with van der Waals surface area (Å²) in [4.78, 5) is 31.9. The summed E-state index contributed by atoms with van der Waals surface area (Å²) in [6.07, 6.45) is 0. The Morgan fingerprint density at radius 1 is 1.07 bits per heavy atom. The maximum Gasteiger partial charge on any atom is 0.339 e. The van der Waals surface area contributed by atoms with Gasteiger partial charge in [-0.1, -0.05) is 23.2 Å². The summed E-state index contributed by atoms with van der Waals surface area (Å²) in [6, 6.07) is 0. The number of pyridine rings is 1. The predicted molar refractivity (Wildman–Crippen MR) is 48.2 cm³/mol. The van der Waals surface area contributed by atoms with Crippen LogP contribution < -0.4 is 10.8 Å². The Labute approximate surface area is 91.9 Å². The van der Waals surface area contributed by atoms with Crippen molar-refractivity contribution >= 4 is 35.0 Å². The van der Waals surface area contributed by atoms with E-state index in [9.17, 15) is 14.7 Å². The fourth-order valence-electron chi connectivity index (χ4n) is 0.977. The van der Waals surface area contributed by atoms with E-state index in [0.29, 0.717) is 0 Å². The lowest BCUT2D eigenvalue weighted by molar-refractivity contribution is -0.135. The van der Waals surface area contributed by atoms with Crippen LogP contribution in [0.1, 0.15) is 0 Å². The third-order valence-corrected chi connectivity index (χ3v) is 2.36. The van der Waals surface area contributed by atoms with Gasteiger partial charge in [0.2, 0.25) is 0 Å². The largest absolute Gasteiger partial charge is 0.504 e. The van der Waals surface area contributed by atoms with Gasteiger partial charge in [0.15, 0.2) is 21.7 Å². The Morgan fingerprint density at radius 2 is 1.67 bits per heavy atom. The first-order chi connectivity index (χ1) is 7.00. The first-order valence-electron chi connectivity index (χ1n) is 3.60. The van der Waals surface area contributed by atoms with Gasteiger partial charge in [0.05, 0.1) is 0 Å². The number of aromatic hydroxyl groups is 1. The van der Waals surface area contributed by atoms with Crippen molar-refractivity contribution in [1.82, 2.24) is 4.98 Å². The highest BCUT2D eigenvalue weighted by molar-refractivity contribution is 6.42. The van der Waals surface area contributed by atoms with Gasteiger partial charge in [-0.15, -0.1) is 0 Å². The molecule has 2 rings (SSSR count). The minimum absolute atomic E-state index is 0.214. The molecule has 0 aromatic carbocycles. The van der Waals surface area contributed by atoms with Gasteiger partial charge in [0.25, 0.3) is 0 Å². The summed E-state index contributed by atoms with van der Waals surface area (Å²) >= 11 is 11.1. The number of hydrogen-bond donors (Lipinski definition) is 1. The van der Waals surface area contributed by atoms with Crippen LogP contribution in [-0.2, 0) is 9.59 Å². The maximum absolute atomic E-state index is 10.9. The molecular formula is C7HCl2N3O3. The number of fused-ring (bicyclic) bond motifs is 1. The zero-order valence-electron chi connectivity index (χ0n) is 6.86. The van der Waals surface area contributed by atoms with Crippen LogP contribution in [0.4, 0.5) is 0 Å². The molecule has 6 nitrogen and oxygen atoms in total. The third kappa shape index (κ3) is 1.47. The summed E-state index contributed by atoms with van der Waals surface area (Å²) in [5, 5.41) is 8.76. The van der Waals surface area contributed by atoms with E-state index in [1.54, 1.807) is 0 Å². The van der Waals surface area contributed by atoms with Crippen molar-refractivity contribution in [3.63, 3.8) is 0 Å². The van der Waals surface area contributed by atoms with Gasteiger partial charge >= 0.3 is 11.8 Å². The number of amides is 2. The van der Waals surface area contributed by atoms with E-state index in [2.05, 4.69) is 15.0 Å². The Hall–Kier alpha value is -1.53. The van der Waals surface area contributed by atoms with Crippen LogP contribution in [0.15, 0.2) is 9.98 Å². The average Bonchev–Trinajstić information content (AvgIpc) is 2.19. The lowest BCUT2D eigenvalue weighted by atomic mass is 10.4. The molecule has 8 heteroatoms. The molecule has 0 bridgehead atoms. The van der Waals surface area contributed by atoms with Crippen molar-refractivity contribution in [2.75, 3.05) is 0 Å². The highest BCUT2D eigenvalue weighted by Crippen LogP contribution is 2.24. The minimum atomic E-state index is -1.09. The number of carbonyl (C=O) groups excluding carboxylic acids is 2. The summed E-state index contributed by atoms with van der Waals surface area (Å²) < 4.78 is 0. The topological polar surface area (TPSA) is 92.0 Å². The molecule has 1 aliphatic heterocycles. The van der Waals surface area contributed by atoms with Crippen molar-refractivity contribution in [2.45, 2.75) is 0 Å². The molecule has 0 radical (unpaired) electrons. The number of nitrogens with zero attached hydrogens (tertiary/aromatic N) is 3. The summed E-state index contributed by atoms with van der Waals surface area (Å²) in [7, 11) is 0. The quantitative estimate of drug-likeness (QED) is 0.488. The van der Waals surface area contributed by atoms with E-state index >= 15 is 0 Å². The number of rotatable bonds is 0. The van der Waals surface area contributed by atoms with Crippen LogP contribution >= 0.6 is 23.2 Å². The second-order valence-electron chi connectivity index (χ2n) is 2.57. The average molecular weight is 246 g/mol. The second-order valence-corrected chi connectivity index (χ2v) is 3.31. The fourth-order valence-corrected chi connectivity index (χ4v) is 1.28. The summed E-state index contributed by atoms with van der Waals surface area (Å²) in [5.41, 5.74) is -0.216. The number of carbonyl (C=O) groups is 2. The molecular weight excluding hydrogens is 245 g/mol. The normalized spacial score (nSPS) is 14.3. The van der Waals surface area contributed by atoms with Crippen LogP contribution in [0, 0.1) is 0 Å². The molecule has 2 amide bonds. The number of aromatic nitrogens is 1. The third-order valence-electron chi connectivity index (χ3n) is 1.63. The second kappa shape index (κ2) is 3.25. The zero-order chi connectivity index (χ0) is 11.2. The molecule has 0 aliphatic carbocycles. The Morgan fingerprint density at radius 3 is 2.33 bits per heavy atom. The molecule has 0 fully saturated rings. The molecule has 1 aliphatic rings. The molecule has 1 N–H and O–H groups in total. The molecule has 0 unspecified atom stereocenters. The van der Waals surface area contributed by atoms with E-state index in [1.807, 2.05) is 0 Å². The lowest BCUT2D eigenvalue weighted by Crippen LogP contribution is -2.37. The Balaban J connectivity index is 2.97. The highest BCUT2D eigenvalue weighted by atomic mass is 35.5. The van der Waals surface area contributed by atoms with E-state index in [0.717, 1.165) is 0 Å². The van der Waals surface area contributed by atoms with Gasteiger partial charge in [0.1, 0.15) is 5.02 Å². The first kappa shape index (κ1) is 10.0. The van der Waals surface area contributed by atoms with Gasteiger partial charge < -0.3 is 5.11 Å². The fraction of sp³-hybridized carbons (Fsp3) is 0. The molecule has 0 saturated heterocycles. The van der Waals surface area contributed by atoms with Crippen molar-refractivity contribution < 1.29 is 14.7 Å². The van der Waals surface area contributed by atoms with Crippen molar-refractivity contribution in [3.8, 4) is 5.75 Å². The summed E-state index contributed by atoms with van der Waals surface area (Å²) in [6.45, 7) is 0. The van der Waals surface area contributed by atoms with Crippen molar-refractivity contribution in [1.29, 1.82) is 0 Å². The monoisotopic (exact) mass is 245 g/mol. The Kier molecular flexibility index (Phi) is 2.17. The number of halogens is 2. The van der Waals surface area contributed by atoms with E-state index < -0.39 is 17.6 Å². The molecule has 76 valence electrons. The van der Waals surface area contributed by atoms with E-state index in [1.165, 1.54) is 0 Å². The lowest BCUT2D eigenvalue weighted by Gasteiger charge is -2.01.